The van der Waals surface area contributed by atoms with Gasteiger partial charge in [0.05, 0.1) is 13.2 Å². The average molecular weight is 434 g/mol. The number of rotatable bonds is 5. The summed E-state index contributed by atoms with van der Waals surface area (Å²) < 4.78 is 31.5. The molecule has 0 aliphatic carbocycles. The summed E-state index contributed by atoms with van der Waals surface area (Å²) in [7, 11) is 0. The molecule has 1 fully saturated rings. The van der Waals surface area contributed by atoms with Gasteiger partial charge in [-0.25, -0.2) is 4.39 Å². The maximum atomic E-state index is 13.3. The second-order valence-electron chi connectivity index (χ2n) is 8.57. The first kappa shape index (κ1) is 21.0. The van der Waals surface area contributed by atoms with E-state index in [-0.39, 0.29) is 11.9 Å². The van der Waals surface area contributed by atoms with Crippen LogP contribution in [-0.4, -0.2) is 37.4 Å². The average Bonchev–Trinajstić information content (AvgIpc) is 3.21. The number of aryl methyl sites for hydroxylation is 1. The first-order valence-corrected chi connectivity index (χ1v) is 11.2. The van der Waals surface area contributed by atoms with Crippen LogP contribution in [0.25, 0.3) is 11.1 Å². The van der Waals surface area contributed by atoms with Gasteiger partial charge in [-0.05, 0) is 53.4 Å². The van der Waals surface area contributed by atoms with Gasteiger partial charge in [0.15, 0.2) is 11.5 Å². The number of hydrogen-bond acceptors (Lipinski definition) is 4. The molecule has 1 atom stereocenters. The topological polar surface area (TPSA) is 30.9 Å². The predicted octanol–water partition coefficient (Wildman–Crippen LogP) is 5.36. The van der Waals surface area contributed by atoms with Crippen molar-refractivity contribution in [2.75, 3.05) is 26.4 Å². The van der Waals surface area contributed by atoms with E-state index >= 15 is 0 Å². The minimum Gasteiger partial charge on any atom is -0.488 e. The van der Waals surface area contributed by atoms with Gasteiger partial charge in [0.25, 0.3) is 0 Å². The lowest BCUT2D eigenvalue weighted by molar-refractivity contribution is 0.137. The molecule has 1 saturated heterocycles. The molecule has 0 N–H and O–H groups in total. The molecule has 0 saturated carbocycles. The highest BCUT2D eigenvalue weighted by atomic mass is 19.1. The van der Waals surface area contributed by atoms with Crippen LogP contribution in [0.3, 0.4) is 0 Å². The number of nitrogens with zero attached hydrogens (tertiary/aromatic N) is 1. The zero-order valence-corrected chi connectivity index (χ0v) is 18.4. The molecule has 166 valence electrons. The molecule has 5 heteroatoms. The molecular weight excluding hydrogens is 405 g/mol. The molecule has 0 unspecified atom stereocenters. The predicted molar refractivity (Wildman–Crippen MR) is 122 cm³/mol. The summed E-state index contributed by atoms with van der Waals surface area (Å²) >= 11 is 0. The molecule has 4 nitrogen and oxygen atoms in total. The molecule has 2 aliphatic rings. The molecule has 32 heavy (non-hydrogen) atoms. The fourth-order valence-corrected chi connectivity index (χ4v) is 4.45. The number of benzene rings is 3. The number of ether oxygens (including phenoxy) is 3. The first-order valence-electron chi connectivity index (χ1n) is 11.2. The van der Waals surface area contributed by atoms with Crippen LogP contribution in [0.1, 0.15) is 23.1 Å². The number of fused-ring (bicyclic) bond motifs is 1. The van der Waals surface area contributed by atoms with Crippen molar-refractivity contribution in [1.82, 2.24) is 4.90 Å². The molecule has 2 heterocycles. The van der Waals surface area contributed by atoms with Crippen molar-refractivity contribution >= 4 is 0 Å². The Labute approximate surface area is 188 Å². The third-order valence-electron chi connectivity index (χ3n) is 6.14. The van der Waals surface area contributed by atoms with Crippen LogP contribution in [0, 0.1) is 12.7 Å². The van der Waals surface area contributed by atoms with E-state index in [9.17, 15) is 4.39 Å². The van der Waals surface area contributed by atoms with Gasteiger partial charge in [0, 0.05) is 31.6 Å². The lowest BCUT2D eigenvalue weighted by atomic mass is 9.97. The van der Waals surface area contributed by atoms with Gasteiger partial charge in [-0.3, -0.25) is 4.90 Å². The zero-order chi connectivity index (χ0) is 21.9. The SMILES string of the molecule is Cc1ccccc1-c1cc2c(c(O[C@@H]3CCOC3)c1)OCCN(Cc1ccc(F)cc1)C2. The van der Waals surface area contributed by atoms with Crippen LogP contribution >= 0.6 is 0 Å². The van der Waals surface area contributed by atoms with Crippen molar-refractivity contribution < 1.29 is 18.6 Å². The van der Waals surface area contributed by atoms with Gasteiger partial charge >= 0.3 is 0 Å². The van der Waals surface area contributed by atoms with Gasteiger partial charge in [0.2, 0.25) is 0 Å². The van der Waals surface area contributed by atoms with E-state index in [1.54, 1.807) is 0 Å². The van der Waals surface area contributed by atoms with Crippen LogP contribution in [0.2, 0.25) is 0 Å². The molecule has 0 bridgehead atoms. The summed E-state index contributed by atoms with van der Waals surface area (Å²) in [6.07, 6.45) is 0.938. The zero-order valence-electron chi connectivity index (χ0n) is 18.4. The molecule has 2 aliphatic heterocycles. The van der Waals surface area contributed by atoms with Crippen molar-refractivity contribution in [2.45, 2.75) is 32.5 Å². The van der Waals surface area contributed by atoms with Gasteiger partial charge in [-0.1, -0.05) is 36.4 Å². The van der Waals surface area contributed by atoms with E-state index in [1.807, 2.05) is 12.1 Å². The molecule has 0 aromatic heterocycles. The summed E-state index contributed by atoms with van der Waals surface area (Å²) in [4.78, 5) is 2.34. The highest BCUT2D eigenvalue weighted by Gasteiger charge is 2.25. The molecular formula is C27H28FNO3. The normalized spacial score (nSPS) is 18.6. The lowest BCUT2D eigenvalue weighted by Crippen LogP contribution is -2.25. The summed E-state index contributed by atoms with van der Waals surface area (Å²) in [5.74, 6) is 1.41. The largest absolute Gasteiger partial charge is 0.488 e. The van der Waals surface area contributed by atoms with Crippen molar-refractivity contribution in [3.05, 3.63) is 83.2 Å². The van der Waals surface area contributed by atoms with Crippen molar-refractivity contribution in [3.8, 4) is 22.6 Å². The fourth-order valence-electron chi connectivity index (χ4n) is 4.45. The van der Waals surface area contributed by atoms with Gasteiger partial charge in [0.1, 0.15) is 18.5 Å². The van der Waals surface area contributed by atoms with E-state index in [4.69, 9.17) is 14.2 Å². The highest BCUT2D eigenvalue weighted by Crippen LogP contribution is 2.40. The fraction of sp³-hybridized carbons (Fsp3) is 0.333. The lowest BCUT2D eigenvalue weighted by Gasteiger charge is -2.21. The monoisotopic (exact) mass is 433 g/mol. The Morgan fingerprint density at radius 1 is 1.06 bits per heavy atom. The first-order chi connectivity index (χ1) is 15.7. The molecule has 0 amide bonds. The maximum Gasteiger partial charge on any atom is 0.165 e. The maximum absolute atomic E-state index is 13.3. The summed E-state index contributed by atoms with van der Waals surface area (Å²) in [6.45, 7) is 6.32. The summed E-state index contributed by atoms with van der Waals surface area (Å²) in [6, 6.07) is 19.5. The van der Waals surface area contributed by atoms with E-state index in [1.165, 1.54) is 23.3 Å². The van der Waals surface area contributed by atoms with E-state index in [2.05, 4.69) is 48.2 Å². The Balaban J connectivity index is 1.49. The van der Waals surface area contributed by atoms with E-state index in [0.29, 0.717) is 13.2 Å². The Morgan fingerprint density at radius 2 is 1.91 bits per heavy atom. The van der Waals surface area contributed by atoms with Crippen LogP contribution in [-0.2, 0) is 17.8 Å². The van der Waals surface area contributed by atoms with E-state index in [0.717, 1.165) is 60.9 Å². The van der Waals surface area contributed by atoms with Crippen molar-refractivity contribution in [1.29, 1.82) is 0 Å². The quantitative estimate of drug-likeness (QED) is 0.542. The molecule has 5 rings (SSSR count). The molecule has 0 radical (unpaired) electrons. The Kier molecular flexibility index (Phi) is 6.10. The second kappa shape index (κ2) is 9.31. The smallest absolute Gasteiger partial charge is 0.165 e. The Morgan fingerprint density at radius 3 is 2.69 bits per heavy atom. The van der Waals surface area contributed by atoms with E-state index < -0.39 is 0 Å². The highest BCUT2D eigenvalue weighted by molar-refractivity contribution is 5.72. The number of hydrogen-bond donors (Lipinski definition) is 0. The summed E-state index contributed by atoms with van der Waals surface area (Å²) in [5.41, 5.74) is 5.74. The molecule has 3 aromatic carbocycles. The minimum atomic E-state index is -0.209. The van der Waals surface area contributed by atoms with Crippen LogP contribution in [0.5, 0.6) is 11.5 Å². The van der Waals surface area contributed by atoms with Crippen molar-refractivity contribution in [3.63, 3.8) is 0 Å². The standard InChI is InChI=1S/C27H28FNO3/c1-19-4-2-3-5-25(19)21-14-22-17-29(16-20-6-8-23(28)9-7-20)11-13-31-27(22)26(15-21)32-24-10-12-30-18-24/h2-9,14-15,24H,10-13,16-18H2,1H3/t24-/m1/s1. The summed E-state index contributed by atoms with van der Waals surface area (Å²) in [5, 5.41) is 0. The van der Waals surface area contributed by atoms with Crippen LogP contribution < -0.4 is 9.47 Å². The van der Waals surface area contributed by atoms with Gasteiger partial charge < -0.3 is 14.2 Å². The number of halogens is 1. The third kappa shape index (κ3) is 4.64. The van der Waals surface area contributed by atoms with Crippen molar-refractivity contribution in [2.24, 2.45) is 0 Å². The third-order valence-corrected chi connectivity index (χ3v) is 6.14. The Bertz CT molecular complexity index is 1080. The van der Waals surface area contributed by atoms with Gasteiger partial charge in [-0.2, -0.15) is 0 Å². The van der Waals surface area contributed by atoms with Crippen LogP contribution in [0.15, 0.2) is 60.7 Å². The Hall–Kier alpha value is -2.89. The molecule has 3 aromatic rings. The minimum absolute atomic E-state index is 0.0494. The van der Waals surface area contributed by atoms with Gasteiger partial charge in [-0.15, -0.1) is 0 Å². The second-order valence-corrected chi connectivity index (χ2v) is 8.57. The van der Waals surface area contributed by atoms with Crippen LogP contribution in [0.4, 0.5) is 4.39 Å². The molecule has 0 spiro atoms.